The Morgan fingerprint density at radius 3 is 2.46 bits per heavy atom. The topological polar surface area (TPSA) is 97.8 Å². The van der Waals surface area contributed by atoms with Gasteiger partial charge in [0.2, 0.25) is 5.82 Å². The predicted molar refractivity (Wildman–Crippen MR) is 85.5 cm³/mol. The molecular formula is C17H16N2O5. The fourth-order valence-electron chi connectivity index (χ4n) is 2.27. The zero-order valence-electron chi connectivity index (χ0n) is 13.1. The van der Waals surface area contributed by atoms with Gasteiger partial charge in [-0.15, -0.1) is 0 Å². The maximum atomic E-state index is 9.25. The lowest BCUT2D eigenvalue weighted by Crippen LogP contribution is -1.94. The number of methoxy groups -OCH3 is 2. The lowest BCUT2D eigenvalue weighted by molar-refractivity contribution is -0.0424. The molecule has 2 N–H and O–H groups in total. The molecule has 24 heavy (non-hydrogen) atoms. The highest BCUT2D eigenvalue weighted by atomic mass is 16.5. The van der Waals surface area contributed by atoms with Gasteiger partial charge in [0.15, 0.2) is 17.8 Å². The molecule has 0 unspecified atom stereocenters. The van der Waals surface area contributed by atoms with Crippen molar-refractivity contribution in [1.82, 2.24) is 10.1 Å². The SMILES string of the molecule is COc1ccc(-c2nc(-c3cccc(C(O)O)c3)no2)cc1OC. The molecular weight excluding hydrogens is 312 g/mol. The van der Waals surface area contributed by atoms with Crippen LogP contribution >= 0.6 is 0 Å². The minimum atomic E-state index is -1.55. The van der Waals surface area contributed by atoms with Gasteiger partial charge in [-0.1, -0.05) is 23.4 Å². The van der Waals surface area contributed by atoms with Gasteiger partial charge in [-0.2, -0.15) is 4.98 Å². The predicted octanol–water partition coefficient (Wildman–Crippen LogP) is 2.40. The third kappa shape index (κ3) is 3.08. The number of ether oxygens (including phenoxy) is 2. The summed E-state index contributed by atoms with van der Waals surface area (Å²) in [5.74, 6) is 1.83. The van der Waals surface area contributed by atoms with Crippen LogP contribution in [0, 0.1) is 0 Å². The fraction of sp³-hybridized carbons (Fsp3) is 0.176. The van der Waals surface area contributed by atoms with Crippen molar-refractivity contribution in [3.63, 3.8) is 0 Å². The Morgan fingerprint density at radius 2 is 1.75 bits per heavy atom. The lowest BCUT2D eigenvalue weighted by atomic mass is 10.1. The molecule has 0 saturated carbocycles. The molecule has 0 spiro atoms. The molecule has 2 aromatic carbocycles. The molecule has 0 radical (unpaired) electrons. The van der Waals surface area contributed by atoms with Crippen LogP contribution in [-0.4, -0.2) is 34.6 Å². The molecule has 1 heterocycles. The van der Waals surface area contributed by atoms with Crippen LogP contribution in [0.4, 0.5) is 0 Å². The van der Waals surface area contributed by atoms with Crippen LogP contribution in [0.2, 0.25) is 0 Å². The number of aliphatic hydroxyl groups is 2. The molecule has 0 aliphatic rings. The zero-order valence-corrected chi connectivity index (χ0v) is 13.1. The second kappa shape index (κ2) is 6.69. The summed E-state index contributed by atoms with van der Waals surface area (Å²) in [6, 6.07) is 11.9. The minimum Gasteiger partial charge on any atom is -0.493 e. The molecule has 7 heteroatoms. The van der Waals surface area contributed by atoms with Gasteiger partial charge in [0, 0.05) is 16.7 Å². The van der Waals surface area contributed by atoms with Crippen molar-refractivity contribution in [2.24, 2.45) is 0 Å². The first kappa shape index (κ1) is 16.0. The third-order valence-corrected chi connectivity index (χ3v) is 3.50. The smallest absolute Gasteiger partial charge is 0.258 e. The Hall–Kier alpha value is -2.90. The van der Waals surface area contributed by atoms with Crippen LogP contribution in [0.25, 0.3) is 22.8 Å². The van der Waals surface area contributed by atoms with Gasteiger partial charge in [0.1, 0.15) is 0 Å². The van der Waals surface area contributed by atoms with E-state index < -0.39 is 6.29 Å². The Kier molecular flexibility index (Phi) is 4.45. The molecule has 0 saturated heterocycles. The van der Waals surface area contributed by atoms with Crippen molar-refractivity contribution in [3.8, 4) is 34.3 Å². The van der Waals surface area contributed by atoms with E-state index in [0.717, 1.165) is 0 Å². The number of rotatable bonds is 5. The van der Waals surface area contributed by atoms with E-state index in [0.29, 0.717) is 39.9 Å². The van der Waals surface area contributed by atoms with Crippen molar-refractivity contribution >= 4 is 0 Å². The summed E-state index contributed by atoms with van der Waals surface area (Å²) in [7, 11) is 3.11. The molecule has 7 nitrogen and oxygen atoms in total. The van der Waals surface area contributed by atoms with Gasteiger partial charge in [0.05, 0.1) is 14.2 Å². The number of aliphatic hydroxyl groups excluding tert-OH is 1. The highest BCUT2D eigenvalue weighted by Crippen LogP contribution is 2.32. The summed E-state index contributed by atoms with van der Waals surface area (Å²) < 4.78 is 15.8. The number of benzene rings is 2. The summed E-state index contributed by atoms with van der Waals surface area (Å²) in [4.78, 5) is 4.34. The van der Waals surface area contributed by atoms with E-state index in [9.17, 15) is 10.2 Å². The minimum absolute atomic E-state index is 0.320. The van der Waals surface area contributed by atoms with E-state index >= 15 is 0 Å². The van der Waals surface area contributed by atoms with Crippen LogP contribution in [0.15, 0.2) is 47.0 Å². The van der Waals surface area contributed by atoms with E-state index in [1.165, 1.54) is 0 Å². The summed E-state index contributed by atoms with van der Waals surface area (Å²) in [5, 5.41) is 22.4. The van der Waals surface area contributed by atoms with Gasteiger partial charge in [0.25, 0.3) is 5.89 Å². The molecule has 0 aliphatic carbocycles. The molecule has 0 fully saturated rings. The number of aromatic nitrogens is 2. The maximum absolute atomic E-state index is 9.25. The lowest BCUT2D eigenvalue weighted by Gasteiger charge is -2.07. The highest BCUT2D eigenvalue weighted by Gasteiger charge is 2.14. The number of hydrogen-bond donors (Lipinski definition) is 2. The van der Waals surface area contributed by atoms with Crippen LogP contribution in [0.1, 0.15) is 11.9 Å². The van der Waals surface area contributed by atoms with Crippen molar-refractivity contribution in [1.29, 1.82) is 0 Å². The zero-order chi connectivity index (χ0) is 17.1. The van der Waals surface area contributed by atoms with Gasteiger partial charge < -0.3 is 24.2 Å². The van der Waals surface area contributed by atoms with E-state index in [1.807, 2.05) is 0 Å². The van der Waals surface area contributed by atoms with Crippen molar-refractivity contribution in [2.75, 3.05) is 14.2 Å². The second-order valence-electron chi connectivity index (χ2n) is 4.99. The van der Waals surface area contributed by atoms with Gasteiger partial charge >= 0.3 is 0 Å². The molecule has 0 amide bonds. The van der Waals surface area contributed by atoms with Gasteiger partial charge in [-0.3, -0.25) is 0 Å². The average molecular weight is 328 g/mol. The third-order valence-electron chi connectivity index (χ3n) is 3.50. The van der Waals surface area contributed by atoms with E-state index in [2.05, 4.69) is 10.1 Å². The van der Waals surface area contributed by atoms with Crippen LogP contribution < -0.4 is 9.47 Å². The molecule has 3 rings (SSSR count). The summed E-state index contributed by atoms with van der Waals surface area (Å²) in [5.41, 5.74) is 1.66. The Labute approximate surface area is 138 Å². The van der Waals surface area contributed by atoms with Crippen LogP contribution in [-0.2, 0) is 0 Å². The van der Waals surface area contributed by atoms with Crippen molar-refractivity contribution < 1.29 is 24.2 Å². The van der Waals surface area contributed by atoms with E-state index in [-0.39, 0.29) is 0 Å². The maximum Gasteiger partial charge on any atom is 0.258 e. The number of hydrogen-bond acceptors (Lipinski definition) is 7. The molecule has 0 atom stereocenters. The van der Waals surface area contributed by atoms with Crippen molar-refractivity contribution in [3.05, 3.63) is 48.0 Å². The summed E-state index contributed by atoms with van der Waals surface area (Å²) in [6.45, 7) is 0. The monoisotopic (exact) mass is 328 g/mol. The van der Waals surface area contributed by atoms with Crippen LogP contribution in [0.3, 0.4) is 0 Å². The molecule has 3 aromatic rings. The average Bonchev–Trinajstić information content (AvgIpc) is 3.11. The largest absolute Gasteiger partial charge is 0.493 e. The Balaban J connectivity index is 1.95. The van der Waals surface area contributed by atoms with Gasteiger partial charge in [-0.25, -0.2) is 0 Å². The van der Waals surface area contributed by atoms with E-state index in [1.54, 1.807) is 56.7 Å². The summed E-state index contributed by atoms with van der Waals surface area (Å²) >= 11 is 0. The standard InChI is InChI=1S/C17H16N2O5/c1-22-13-7-6-11(9-14(13)23-2)16-18-15(19-24-16)10-4-3-5-12(8-10)17(20)21/h3-9,17,20-21H,1-2H3. The Morgan fingerprint density at radius 1 is 0.958 bits per heavy atom. The first-order chi connectivity index (χ1) is 11.6. The second-order valence-corrected chi connectivity index (χ2v) is 4.99. The summed E-state index contributed by atoms with van der Waals surface area (Å²) in [6.07, 6.45) is -1.55. The number of nitrogens with zero attached hydrogens (tertiary/aromatic N) is 2. The quantitative estimate of drug-likeness (QED) is 0.694. The normalized spacial score (nSPS) is 10.9. The molecule has 0 aliphatic heterocycles. The van der Waals surface area contributed by atoms with Crippen molar-refractivity contribution in [2.45, 2.75) is 6.29 Å². The molecule has 0 bridgehead atoms. The van der Waals surface area contributed by atoms with E-state index in [4.69, 9.17) is 14.0 Å². The molecule has 124 valence electrons. The molecule has 1 aromatic heterocycles. The van der Waals surface area contributed by atoms with Crippen LogP contribution in [0.5, 0.6) is 11.5 Å². The fourth-order valence-corrected chi connectivity index (χ4v) is 2.27. The highest BCUT2D eigenvalue weighted by molar-refractivity contribution is 5.63. The first-order valence-electron chi connectivity index (χ1n) is 7.15. The first-order valence-corrected chi connectivity index (χ1v) is 7.15. The van der Waals surface area contributed by atoms with Gasteiger partial charge in [-0.05, 0) is 24.3 Å². The Bertz CT molecular complexity index is 845.